The van der Waals surface area contributed by atoms with Crippen LogP contribution in [0.15, 0.2) is 12.1 Å². The second-order valence-electron chi connectivity index (χ2n) is 4.80. The molecular weight excluding hydrogens is 276 g/mol. The van der Waals surface area contributed by atoms with Crippen LogP contribution in [0.5, 0.6) is 0 Å². The van der Waals surface area contributed by atoms with Gasteiger partial charge in [-0.3, -0.25) is 0 Å². The first-order valence-corrected chi connectivity index (χ1v) is 6.28. The minimum absolute atomic E-state index is 0. The second-order valence-corrected chi connectivity index (χ2v) is 5.21. The van der Waals surface area contributed by atoms with Gasteiger partial charge in [0.2, 0.25) is 0 Å². The van der Waals surface area contributed by atoms with E-state index in [4.69, 9.17) is 17.3 Å². The summed E-state index contributed by atoms with van der Waals surface area (Å²) in [6.45, 7) is 1.66. The van der Waals surface area contributed by atoms with Crippen molar-refractivity contribution in [3.05, 3.63) is 34.1 Å². The molecule has 0 bridgehead atoms. The Morgan fingerprint density at radius 2 is 2.06 bits per heavy atom. The molecule has 5 heteroatoms. The van der Waals surface area contributed by atoms with Crippen LogP contribution in [-0.4, -0.2) is 11.2 Å². The third-order valence-electron chi connectivity index (χ3n) is 3.65. The largest absolute Gasteiger partial charge is 0.391 e. The molecule has 0 spiro atoms. The SMILES string of the molecule is Cc1ccc(Cl)c([C@@H](N)[C@@H](O)C2CCC2)c1F.Cl. The zero-order valence-electron chi connectivity index (χ0n) is 10.2. The summed E-state index contributed by atoms with van der Waals surface area (Å²) in [6, 6.07) is 2.50. The zero-order chi connectivity index (χ0) is 12.6. The number of halogens is 3. The van der Waals surface area contributed by atoms with Crippen molar-refractivity contribution in [2.75, 3.05) is 0 Å². The quantitative estimate of drug-likeness (QED) is 0.898. The molecule has 0 aromatic heterocycles. The number of aliphatic hydroxyl groups is 1. The molecule has 0 unspecified atom stereocenters. The Balaban J connectivity index is 0.00000162. The Labute approximate surface area is 118 Å². The number of hydrogen-bond acceptors (Lipinski definition) is 2. The number of aryl methyl sites for hydroxylation is 1. The fourth-order valence-electron chi connectivity index (χ4n) is 2.23. The van der Waals surface area contributed by atoms with Crippen LogP contribution in [0.2, 0.25) is 5.02 Å². The van der Waals surface area contributed by atoms with Crippen molar-refractivity contribution in [3.63, 3.8) is 0 Å². The summed E-state index contributed by atoms with van der Waals surface area (Å²) in [7, 11) is 0. The maximum absolute atomic E-state index is 14.0. The topological polar surface area (TPSA) is 46.2 Å². The summed E-state index contributed by atoms with van der Waals surface area (Å²) in [6.07, 6.45) is 2.32. The molecule has 1 aromatic carbocycles. The van der Waals surface area contributed by atoms with E-state index in [2.05, 4.69) is 0 Å². The van der Waals surface area contributed by atoms with Crippen LogP contribution in [0.1, 0.15) is 36.4 Å². The van der Waals surface area contributed by atoms with Crippen LogP contribution < -0.4 is 5.73 Å². The normalized spacial score (nSPS) is 18.7. The van der Waals surface area contributed by atoms with Gasteiger partial charge in [0.1, 0.15) is 5.82 Å². The van der Waals surface area contributed by atoms with Gasteiger partial charge in [-0.15, -0.1) is 12.4 Å². The molecule has 18 heavy (non-hydrogen) atoms. The first-order valence-electron chi connectivity index (χ1n) is 5.90. The van der Waals surface area contributed by atoms with Crippen LogP contribution in [0.4, 0.5) is 4.39 Å². The van der Waals surface area contributed by atoms with Crippen LogP contribution >= 0.6 is 24.0 Å². The van der Waals surface area contributed by atoms with Crippen LogP contribution in [-0.2, 0) is 0 Å². The lowest BCUT2D eigenvalue weighted by Crippen LogP contribution is -2.37. The second kappa shape index (κ2) is 6.20. The lowest BCUT2D eigenvalue weighted by molar-refractivity contribution is 0.0405. The maximum Gasteiger partial charge on any atom is 0.132 e. The summed E-state index contributed by atoms with van der Waals surface area (Å²) < 4.78 is 14.0. The van der Waals surface area contributed by atoms with Gasteiger partial charge in [-0.1, -0.05) is 24.1 Å². The number of nitrogens with two attached hydrogens (primary N) is 1. The highest BCUT2D eigenvalue weighted by molar-refractivity contribution is 6.31. The average molecular weight is 294 g/mol. The number of rotatable bonds is 3. The predicted octanol–water partition coefficient (Wildman–Crippen LogP) is 3.37. The number of hydrogen-bond donors (Lipinski definition) is 2. The van der Waals surface area contributed by atoms with Crippen molar-refractivity contribution in [1.29, 1.82) is 0 Å². The smallest absolute Gasteiger partial charge is 0.132 e. The minimum atomic E-state index is -0.743. The molecule has 0 aliphatic heterocycles. The highest BCUT2D eigenvalue weighted by atomic mass is 35.5. The Hall–Kier alpha value is -0.350. The Morgan fingerprint density at radius 3 is 2.56 bits per heavy atom. The molecule has 0 heterocycles. The van der Waals surface area contributed by atoms with Gasteiger partial charge >= 0.3 is 0 Å². The summed E-state index contributed by atoms with van der Waals surface area (Å²) in [5.41, 5.74) is 6.69. The van der Waals surface area contributed by atoms with E-state index in [-0.39, 0.29) is 23.9 Å². The third kappa shape index (κ3) is 2.80. The average Bonchev–Trinajstić information content (AvgIpc) is 2.21. The Morgan fingerprint density at radius 1 is 1.44 bits per heavy atom. The predicted molar refractivity (Wildman–Crippen MR) is 73.7 cm³/mol. The molecule has 3 N–H and O–H groups in total. The zero-order valence-corrected chi connectivity index (χ0v) is 11.8. The van der Waals surface area contributed by atoms with Gasteiger partial charge in [0.25, 0.3) is 0 Å². The van der Waals surface area contributed by atoms with Gasteiger partial charge in [-0.25, -0.2) is 4.39 Å². The molecule has 0 saturated heterocycles. The molecule has 1 aliphatic carbocycles. The van der Waals surface area contributed by atoms with E-state index in [9.17, 15) is 9.50 Å². The molecule has 1 aliphatic rings. The minimum Gasteiger partial charge on any atom is -0.391 e. The molecule has 1 aromatic rings. The number of benzene rings is 1. The van der Waals surface area contributed by atoms with Crippen LogP contribution in [0.3, 0.4) is 0 Å². The molecule has 2 rings (SSSR count). The molecule has 1 saturated carbocycles. The van der Waals surface area contributed by atoms with E-state index in [0.717, 1.165) is 19.3 Å². The molecule has 2 nitrogen and oxygen atoms in total. The Bertz CT molecular complexity index is 424. The summed E-state index contributed by atoms with van der Waals surface area (Å²) in [4.78, 5) is 0. The highest BCUT2D eigenvalue weighted by Gasteiger charge is 2.33. The van der Waals surface area contributed by atoms with E-state index >= 15 is 0 Å². The van der Waals surface area contributed by atoms with E-state index in [1.807, 2.05) is 0 Å². The summed E-state index contributed by atoms with van der Waals surface area (Å²) in [5, 5.41) is 10.4. The van der Waals surface area contributed by atoms with Gasteiger partial charge in [0, 0.05) is 10.6 Å². The van der Waals surface area contributed by atoms with Crippen molar-refractivity contribution < 1.29 is 9.50 Å². The summed E-state index contributed by atoms with van der Waals surface area (Å²) in [5.74, 6) is -0.218. The van der Waals surface area contributed by atoms with Gasteiger partial charge in [-0.05, 0) is 37.3 Å². The van der Waals surface area contributed by atoms with E-state index in [1.165, 1.54) is 0 Å². The first-order chi connectivity index (χ1) is 8.02. The molecule has 0 amide bonds. The Kier molecular flexibility index (Phi) is 5.41. The lowest BCUT2D eigenvalue weighted by atomic mass is 9.77. The third-order valence-corrected chi connectivity index (χ3v) is 3.98. The fourth-order valence-corrected chi connectivity index (χ4v) is 2.50. The van der Waals surface area contributed by atoms with Crippen molar-refractivity contribution in [2.45, 2.75) is 38.3 Å². The molecular formula is C13H18Cl2FNO. The van der Waals surface area contributed by atoms with Crippen molar-refractivity contribution in [1.82, 2.24) is 0 Å². The van der Waals surface area contributed by atoms with Crippen molar-refractivity contribution in [2.24, 2.45) is 11.7 Å². The van der Waals surface area contributed by atoms with Crippen molar-refractivity contribution >= 4 is 24.0 Å². The van der Waals surface area contributed by atoms with Gasteiger partial charge < -0.3 is 10.8 Å². The van der Waals surface area contributed by atoms with Gasteiger partial charge in [0.15, 0.2) is 0 Å². The lowest BCUT2D eigenvalue weighted by Gasteiger charge is -2.34. The molecule has 1 fully saturated rings. The highest BCUT2D eigenvalue weighted by Crippen LogP contribution is 2.37. The molecule has 0 radical (unpaired) electrons. The first kappa shape index (κ1) is 15.7. The molecule has 102 valence electrons. The summed E-state index contributed by atoms with van der Waals surface area (Å²) >= 11 is 5.98. The van der Waals surface area contributed by atoms with Crippen LogP contribution in [0, 0.1) is 18.7 Å². The van der Waals surface area contributed by atoms with Gasteiger partial charge in [0.05, 0.1) is 12.1 Å². The van der Waals surface area contributed by atoms with Crippen LogP contribution in [0.25, 0.3) is 0 Å². The van der Waals surface area contributed by atoms with Crippen molar-refractivity contribution in [3.8, 4) is 0 Å². The number of aliphatic hydroxyl groups excluding tert-OH is 1. The van der Waals surface area contributed by atoms with Gasteiger partial charge in [-0.2, -0.15) is 0 Å². The maximum atomic E-state index is 14.0. The monoisotopic (exact) mass is 293 g/mol. The van der Waals surface area contributed by atoms with E-state index < -0.39 is 18.0 Å². The van der Waals surface area contributed by atoms with E-state index in [1.54, 1.807) is 19.1 Å². The molecule has 2 atom stereocenters. The fraction of sp³-hybridized carbons (Fsp3) is 0.538. The van der Waals surface area contributed by atoms with E-state index in [0.29, 0.717) is 10.6 Å². The standard InChI is InChI=1S/C13H17ClFNO.ClH/c1-7-5-6-9(14)10(11(7)15)12(16)13(17)8-3-2-4-8;/h5-6,8,12-13,17H,2-4,16H2,1H3;1H/t12-,13+;/m1./s1.